The first-order valence-electron chi connectivity index (χ1n) is 4.84. The van der Waals surface area contributed by atoms with E-state index in [1.807, 2.05) is 0 Å². The number of rotatable bonds is 6. The Morgan fingerprint density at radius 1 is 1.50 bits per heavy atom. The Bertz CT molecular complexity index is 273. The van der Waals surface area contributed by atoms with Gasteiger partial charge in [-0.05, 0) is 6.42 Å². The maximum Gasteiger partial charge on any atom is 0.114 e. The van der Waals surface area contributed by atoms with Crippen LogP contribution < -0.4 is 0 Å². The molecule has 0 fully saturated rings. The van der Waals surface area contributed by atoms with Crippen molar-refractivity contribution in [2.45, 2.75) is 39.5 Å². The van der Waals surface area contributed by atoms with Crippen LogP contribution in [0, 0.1) is 0 Å². The smallest absolute Gasteiger partial charge is 0.114 e. The summed E-state index contributed by atoms with van der Waals surface area (Å²) >= 11 is 0. The zero-order valence-corrected chi connectivity index (χ0v) is 8.73. The van der Waals surface area contributed by atoms with Crippen LogP contribution in [0.25, 0.3) is 0 Å². The van der Waals surface area contributed by atoms with Crippen LogP contribution in [-0.2, 0) is 24.5 Å². The monoisotopic (exact) mass is 199 g/mol. The number of unbranched alkanes of at least 4 members (excludes halogenated alkanes) is 1. The van der Waals surface area contributed by atoms with Gasteiger partial charge >= 0.3 is 0 Å². The first kappa shape index (κ1) is 11.1. The van der Waals surface area contributed by atoms with E-state index < -0.39 is 0 Å². The third-order valence-corrected chi connectivity index (χ3v) is 2.07. The molecule has 0 aromatic carbocycles. The molecule has 0 aliphatic carbocycles. The van der Waals surface area contributed by atoms with Crippen LogP contribution in [0.15, 0.2) is 0 Å². The van der Waals surface area contributed by atoms with Crippen LogP contribution in [0.4, 0.5) is 0 Å². The average molecular weight is 199 g/mol. The van der Waals surface area contributed by atoms with E-state index in [1.165, 1.54) is 0 Å². The summed E-state index contributed by atoms with van der Waals surface area (Å²) in [7, 11) is 1.62. The molecule has 5 nitrogen and oxygen atoms in total. The van der Waals surface area contributed by atoms with E-state index in [-0.39, 0.29) is 6.61 Å². The van der Waals surface area contributed by atoms with Gasteiger partial charge in [0.25, 0.3) is 0 Å². The molecule has 5 heteroatoms. The number of nitrogens with zero attached hydrogens (tertiary/aromatic N) is 3. The molecule has 1 aromatic rings. The predicted octanol–water partition coefficient (Wildman–Crippen LogP) is 0.717. The highest BCUT2D eigenvalue weighted by Gasteiger charge is 2.10. The van der Waals surface area contributed by atoms with Crippen molar-refractivity contribution in [1.82, 2.24) is 15.0 Å². The van der Waals surface area contributed by atoms with Crippen LogP contribution in [0.2, 0.25) is 0 Å². The molecule has 0 unspecified atom stereocenters. The summed E-state index contributed by atoms with van der Waals surface area (Å²) in [5, 5.41) is 16.9. The van der Waals surface area contributed by atoms with Crippen LogP contribution in [0.1, 0.15) is 31.2 Å². The summed E-state index contributed by atoms with van der Waals surface area (Å²) in [5.41, 5.74) is 1.49. The second kappa shape index (κ2) is 5.72. The van der Waals surface area contributed by atoms with Crippen LogP contribution in [0.3, 0.4) is 0 Å². The fourth-order valence-electron chi connectivity index (χ4n) is 1.27. The van der Waals surface area contributed by atoms with Gasteiger partial charge in [0, 0.05) is 13.7 Å². The molecule has 0 amide bonds. The van der Waals surface area contributed by atoms with Crippen molar-refractivity contribution in [2.24, 2.45) is 0 Å². The maximum absolute atomic E-state index is 9.01. The highest BCUT2D eigenvalue weighted by atomic mass is 16.5. The number of hydrogen-bond donors (Lipinski definition) is 1. The Morgan fingerprint density at radius 3 is 2.86 bits per heavy atom. The maximum atomic E-state index is 9.01. The average Bonchev–Trinajstić information content (AvgIpc) is 2.58. The second-order valence-corrected chi connectivity index (χ2v) is 3.15. The van der Waals surface area contributed by atoms with Gasteiger partial charge in [0.05, 0.1) is 18.9 Å². The van der Waals surface area contributed by atoms with Crippen molar-refractivity contribution in [1.29, 1.82) is 0 Å². The molecule has 1 N–H and O–H groups in total. The van der Waals surface area contributed by atoms with E-state index in [4.69, 9.17) is 9.84 Å². The Morgan fingerprint density at radius 2 is 2.29 bits per heavy atom. The molecule has 1 aromatic heterocycles. The number of aromatic nitrogens is 3. The van der Waals surface area contributed by atoms with Gasteiger partial charge in [0.1, 0.15) is 5.69 Å². The number of aliphatic hydroxyl groups is 1. The number of hydrogen-bond acceptors (Lipinski definition) is 4. The molecular weight excluding hydrogens is 182 g/mol. The van der Waals surface area contributed by atoms with Crippen molar-refractivity contribution < 1.29 is 9.84 Å². The minimum absolute atomic E-state index is 0.0786. The van der Waals surface area contributed by atoms with Gasteiger partial charge < -0.3 is 9.84 Å². The largest absolute Gasteiger partial charge is 0.390 e. The van der Waals surface area contributed by atoms with Crippen molar-refractivity contribution >= 4 is 0 Å². The third-order valence-electron chi connectivity index (χ3n) is 2.07. The lowest BCUT2D eigenvalue weighted by Crippen LogP contribution is -2.07. The van der Waals surface area contributed by atoms with E-state index in [9.17, 15) is 0 Å². The lowest BCUT2D eigenvalue weighted by Gasteiger charge is -2.05. The molecule has 0 saturated heterocycles. The number of ether oxygens (including phenoxy) is 1. The molecule has 0 aliphatic heterocycles. The van der Waals surface area contributed by atoms with E-state index in [1.54, 1.807) is 11.8 Å². The summed E-state index contributed by atoms with van der Waals surface area (Å²) in [6.45, 7) is 3.33. The highest BCUT2D eigenvalue weighted by molar-refractivity contribution is 5.07. The first-order chi connectivity index (χ1) is 6.83. The summed E-state index contributed by atoms with van der Waals surface area (Å²) in [4.78, 5) is 0. The van der Waals surface area contributed by atoms with Crippen LogP contribution in [-0.4, -0.2) is 27.2 Å². The molecule has 0 spiro atoms. The molecule has 1 heterocycles. The zero-order chi connectivity index (χ0) is 10.4. The fourth-order valence-corrected chi connectivity index (χ4v) is 1.27. The van der Waals surface area contributed by atoms with E-state index in [0.29, 0.717) is 12.3 Å². The van der Waals surface area contributed by atoms with E-state index >= 15 is 0 Å². The van der Waals surface area contributed by atoms with Crippen molar-refractivity contribution in [3.05, 3.63) is 11.4 Å². The molecule has 80 valence electrons. The number of aryl methyl sites for hydroxylation is 1. The van der Waals surface area contributed by atoms with Crippen molar-refractivity contribution in [2.75, 3.05) is 7.11 Å². The molecule has 1 rings (SSSR count). The zero-order valence-electron chi connectivity index (χ0n) is 8.73. The minimum Gasteiger partial charge on any atom is -0.390 e. The molecule has 0 radical (unpaired) electrons. The third kappa shape index (κ3) is 2.52. The van der Waals surface area contributed by atoms with Crippen LogP contribution in [0.5, 0.6) is 0 Å². The van der Waals surface area contributed by atoms with Gasteiger partial charge in [-0.2, -0.15) is 0 Å². The predicted molar refractivity (Wildman–Crippen MR) is 51.6 cm³/mol. The number of aliphatic hydroxyl groups excluding tert-OH is 1. The summed E-state index contributed by atoms with van der Waals surface area (Å²) < 4.78 is 6.84. The normalized spacial score (nSPS) is 10.8. The SMILES string of the molecule is CCCCn1nnc(CO)c1COC. The van der Waals surface area contributed by atoms with Crippen molar-refractivity contribution in [3.8, 4) is 0 Å². The summed E-state index contributed by atoms with van der Waals surface area (Å²) in [6, 6.07) is 0. The molecule has 0 bridgehead atoms. The summed E-state index contributed by atoms with van der Waals surface area (Å²) in [6.07, 6.45) is 2.17. The van der Waals surface area contributed by atoms with Crippen LogP contribution >= 0.6 is 0 Å². The summed E-state index contributed by atoms with van der Waals surface area (Å²) in [5.74, 6) is 0. The van der Waals surface area contributed by atoms with Gasteiger partial charge in [-0.1, -0.05) is 18.6 Å². The van der Waals surface area contributed by atoms with Gasteiger partial charge in [-0.25, -0.2) is 4.68 Å². The van der Waals surface area contributed by atoms with Gasteiger partial charge in [0.15, 0.2) is 0 Å². The fraction of sp³-hybridized carbons (Fsp3) is 0.778. The minimum atomic E-state index is -0.0786. The quantitative estimate of drug-likeness (QED) is 0.733. The lowest BCUT2D eigenvalue weighted by molar-refractivity contribution is 0.172. The molecular formula is C9H17N3O2. The van der Waals surface area contributed by atoms with Gasteiger partial charge in [0.2, 0.25) is 0 Å². The van der Waals surface area contributed by atoms with Crippen molar-refractivity contribution in [3.63, 3.8) is 0 Å². The number of methoxy groups -OCH3 is 1. The molecule has 0 saturated carbocycles. The Labute approximate surface area is 83.7 Å². The molecule has 0 atom stereocenters. The van der Waals surface area contributed by atoms with Gasteiger partial charge in [-0.15, -0.1) is 5.10 Å². The molecule has 14 heavy (non-hydrogen) atoms. The lowest BCUT2D eigenvalue weighted by atomic mass is 10.3. The van der Waals surface area contributed by atoms with E-state index in [0.717, 1.165) is 25.1 Å². The first-order valence-corrected chi connectivity index (χ1v) is 4.84. The van der Waals surface area contributed by atoms with Gasteiger partial charge in [-0.3, -0.25) is 0 Å². The Balaban J connectivity index is 2.75. The molecule has 0 aliphatic rings. The van der Waals surface area contributed by atoms with E-state index in [2.05, 4.69) is 17.2 Å². The topological polar surface area (TPSA) is 60.2 Å². The Kier molecular flexibility index (Phi) is 4.55. The second-order valence-electron chi connectivity index (χ2n) is 3.15. The standard InChI is InChI=1S/C9H17N3O2/c1-3-4-5-12-9(7-14-2)8(6-13)10-11-12/h13H,3-7H2,1-2H3. The Hall–Kier alpha value is -0.940. The highest BCUT2D eigenvalue weighted by Crippen LogP contribution is 2.08.